The molecule has 2 fully saturated rings. The molecule has 0 aliphatic carbocycles. The molecule has 2 bridgehead atoms. The van der Waals surface area contributed by atoms with E-state index in [2.05, 4.69) is 27.8 Å². The van der Waals surface area contributed by atoms with Crippen LogP contribution >= 0.6 is 0 Å². The predicted molar refractivity (Wildman–Crippen MR) is 82.2 cm³/mol. The Morgan fingerprint density at radius 2 is 2.10 bits per heavy atom. The molecule has 0 amide bonds. The maximum Gasteiger partial charge on any atom is 0.274 e. The fourth-order valence-electron chi connectivity index (χ4n) is 4.13. The molecule has 2 saturated heterocycles. The molecule has 3 aliphatic rings. The molecule has 114 valence electrons. The number of nitrogens with zero attached hydrogens (tertiary/aromatic N) is 2. The quantitative estimate of drug-likeness (QED) is 0.827. The summed E-state index contributed by atoms with van der Waals surface area (Å²) in [5.74, 6) is 1.11. The van der Waals surface area contributed by atoms with Gasteiger partial charge in [0.25, 0.3) is 5.56 Å². The number of aryl methyl sites for hydroxylation is 1. The van der Waals surface area contributed by atoms with E-state index in [1.807, 2.05) is 0 Å². The van der Waals surface area contributed by atoms with Crippen LogP contribution in [-0.2, 0) is 11.3 Å². The normalized spacial score (nSPS) is 28.3. The average Bonchev–Trinajstić information content (AvgIpc) is 2.50. The molecule has 5 nitrogen and oxygen atoms in total. The van der Waals surface area contributed by atoms with Gasteiger partial charge < -0.3 is 19.5 Å². The maximum atomic E-state index is 13.0. The molecule has 0 spiro atoms. The van der Waals surface area contributed by atoms with Crippen LogP contribution in [0, 0.1) is 12.8 Å². The second kappa shape index (κ2) is 5.14. The Morgan fingerprint density at radius 3 is 2.90 bits per heavy atom. The molecule has 0 saturated carbocycles. The summed E-state index contributed by atoms with van der Waals surface area (Å²) in [6.45, 7) is 8.08. The molecule has 2 unspecified atom stereocenters. The Labute approximate surface area is 124 Å². The van der Waals surface area contributed by atoms with Crippen LogP contribution in [0.1, 0.15) is 23.6 Å². The minimum atomic E-state index is 0.212. The Kier molecular flexibility index (Phi) is 3.27. The monoisotopic (exact) mass is 289 g/mol. The molecule has 1 N–H and O–H groups in total. The van der Waals surface area contributed by atoms with Crippen molar-refractivity contribution in [2.24, 2.45) is 5.92 Å². The zero-order valence-corrected chi connectivity index (χ0v) is 12.6. The molecule has 0 radical (unpaired) electrons. The predicted octanol–water partition coefficient (Wildman–Crippen LogP) is 0.700. The van der Waals surface area contributed by atoms with E-state index in [0.29, 0.717) is 11.8 Å². The van der Waals surface area contributed by atoms with Crippen LogP contribution in [0.25, 0.3) is 0 Å². The van der Waals surface area contributed by atoms with Crippen LogP contribution in [-0.4, -0.2) is 44.0 Å². The van der Waals surface area contributed by atoms with Crippen molar-refractivity contribution in [3.63, 3.8) is 0 Å². The van der Waals surface area contributed by atoms with E-state index in [9.17, 15) is 4.79 Å². The Bertz CT molecular complexity index is 604. The van der Waals surface area contributed by atoms with Gasteiger partial charge in [-0.25, -0.2) is 0 Å². The first-order valence-electron chi connectivity index (χ1n) is 8.02. The van der Waals surface area contributed by atoms with Crippen molar-refractivity contribution in [3.8, 4) is 0 Å². The van der Waals surface area contributed by atoms with E-state index in [1.54, 1.807) is 0 Å². The smallest absolute Gasteiger partial charge is 0.274 e. The zero-order chi connectivity index (χ0) is 14.4. The van der Waals surface area contributed by atoms with E-state index in [1.165, 1.54) is 12.1 Å². The van der Waals surface area contributed by atoms with Crippen molar-refractivity contribution in [2.45, 2.75) is 25.8 Å². The molecule has 4 rings (SSSR count). The summed E-state index contributed by atoms with van der Waals surface area (Å²) in [5.41, 5.74) is 3.47. The topological polar surface area (TPSA) is 46.5 Å². The van der Waals surface area contributed by atoms with Gasteiger partial charge in [-0.15, -0.1) is 0 Å². The number of nitrogens with one attached hydrogen (secondary N) is 1. The van der Waals surface area contributed by atoms with Crippen LogP contribution in [0.2, 0.25) is 0 Å². The number of rotatable bonds is 1. The lowest BCUT2D eigenvalue weighted by Crippen LogP contribution is -2.47. The van der Waals surface area contributed by atoms with Gasteiger partial charge >= 0.3 is 0 Å². The Hall–Kier alpha value is -1.33. The molecule has 21 heavy (non-hydrogen) atoms. The zero-order valence-electron chi connectivity index (χ0n) is 12.6. The molecular formula is C16H23N3O2. The van der Waals surface area contributed by atoms with Gasteiger partial charge in [-0.05, 0) is 37.4 Å². The van der Waals surface area contributed by atoms with Crippen LogP contribution in [0.3, 0.4) is 0 Å². The highest BCUT2D eigenvalue weighted by atomic mass is 16.5. The van der Waals surface area contributed by atoms with Gasteiger partial charge in [0.2, 0.25) is 0 Å². The number of fused-ring (bicyclic) bond motifs is 4. The van der Waals surface area contributed by atoms with Gasteiger partial charge in [0.1, 0.15) is 5.69 Å². The number of ether oxygens (including phenoxy) is 1. The summed E-state index contributed by atoms with van der Waals surface area (Å²) in [6, 6.07) is 2.25. The van der Waals surface area contributed by atoms with Crippen molar-refractivity contribution in [2.75, 3.05) is 44.3 Å². The lowest BCUT2D eigenvalue weighted by atomic mass is 9.83. The molecule has 1 aromatic rings. The van der Waals surface area contributed by atoms with Crippen LogP contribution in [0.4, 0.5) is 5.69 Å². The minimum Gasteiger partial charge on any atom is -0.378 e. The Balaban J connectivity index is 1.80. The van der Waals surface area contributed by atoms with Gasteiger partial charge in [-0.1, -0.05) is 0 Å². The van der Waals surface area contributed by atoms with Gasteiger partial charge in [0, 0.05) is 37.8 Å². The molecule has 3 aliphatic heterocycles. The van der Waals surface area contributed by atoms with Gasteiger partial charge in [0.05, 0.1) is 13.2 Å². The first-order chi connectivity index (χ1) is 10.2. The second-order valence-electron chi connectivity index (χ2n) is 6.57. The molecule has 0 aromatic carbocycles. The largest absolute Gasteiger partial charge is 0.378 e. The molecule has 2 atom stereocenters. The number of piperidine rings is 1. The number of hydrogen-bond acceptors (Lipinski definition) is 4. The third-order valence-electron chi connectivity index (χ3n) is 5.13. The first kappa shape index (κ1) is 13.3. The number of hydrogen-bond donors (Lipinski definition) is 1. The van der Waals surface area contributed by atoms with Crippen molar-refractivity contribution in [3.05, 3.63) is 27.7 Å². The van der Waals surface area contributed by atoms with Crippen molar-refractivity contribution < 1.29 is 4.74 Å². The highest BCUT2D eigenvalue weighted by Crippen LogP contribution is 2.33. The first-order valence-corrected chi connectivity index (χ1v) is 8.02. The SMILES string of the molecule is Cc1cc2n(c(=O)c1N1CCOCC1)CC1CNCC2C1. The lowest BCUT2D eigenvalue weighted by molar-refractivity contribution is 0.122. The standard InChI is InChI=1S/C16H23N3O2/c1-11-6-14-13-7-12(8-17-9-13)10-19(14)16(20)15(11)18-2-4-21-5-3-18/h6,12-13,17H,2-5,7-10H2,1H3. The van der Waals surface area contributed by atoms with E-state index >= 15 is 0 Å². The van der Waals surface area contributed by atoms with Crippen LogP contribution < -0.4 is 15.8 Å². The lowest BCUT2D eigenvalue weighted by Gasteiger charge is -2.39. The van der Waals surface area contributed by atoms with E-state index in [4.69, 9.17) is 4.74 Å². The summed E-state index contributed by atoms with van der Waals surface area (Å²) >= 11 is 0. The summed E-state index contributed by atoms with van der Waals surface area (Å²) in [5, 5.41) is 3.50. The molecular weight excluding hydrogens is 266 g/mol. The molecule has 4 heterocycles. The fourth-order valence-corrected chi connectivity index (χ4v) is 4.13. The third-order valence-corrected chi connectivity index (χ3v) is 5.13. The van der Waals surface area contributed by atoms with Crippen LogP contribution in [0.5, 0.6) is 0 Å². The van der Waals surface area contributed by atoms with Crippen molar-refractivity contribution in [1.29, 1.82) is 0 Å². The number of aromatic nitrogens is 1. The third kappa shape index (κ3) is 2.19. The molecule has 5 heteroatoms. The van der Waals surface area contributed by atoms with Gasteiger partial charge in [-0.2, -0.15) is 0 Å². The summed E-state index contributed by atoms with van der Waals surface area (Å²) in [4.78, 5) is 15.2. The van der Waals surface area contributed by atoms with Crippen LogP contribution in [0.15, 0.2) is 10.9 Å². The maximum absolute atomic E-state index is 13.0. The summed E-state index contributed by atoms with van der Waals surface area (Å²) in [6.07, 6.45) is 1.22. The minimum absolute atomic E-state index is 0.212. The van der Waals surface area contributed by atoms with Crippen molar-refractivity contribution >= 4 is 5.69 Å². The van der Waals surface area contributed by atoms with E-state index < -0.39 is 0 Å². The van der Waals surface area contributed by atoms with Crippen molar-refractivity contribution in [1.82, 2.24) is 9.88 Å². The van der Waals surface area contributed by atoms with Gasteiger partial charge in [-0.3, -0.25) is 4.79 Å². The number of morpholine rings is 1. The van der Waals surface area contributed by atoms with E-state index in [-0.39, 0.29) is 5.56 Å². The summed E-state index contributed by atoms with van der Waals surface area (Å²) < 4.78 is 7.47. The Morgan fingerprint density at radius 1 is 1.29 bits per heavy atom. The fraction of sp³-hybridized carbons (Fsp3) is 0.688. The van der Waals surface area contributed by atoms with E-state index in [0.717, 1.165) is 57.2 Å². The summed E-state index contributed by atoms with van der Waals surface area (Å²) in [7, 11) is 0. The highest BCUT2D eigenvalue weighted by Gasteiger charge is 2.32. The number of anilines is 1. The number of pyridine rings is 1. The second-order valence-corrected chi connectivity index (χ2v) is 6.57. The van der Waals surface area contributed by atoms with Gasteiger partial charge in [0.15, 0.2) is 0 Å². The average molecular weight is 289 g/mol. The molecule has 1 aromatic heterocycles. The highest BCUT2D eigenvalue weighted by molar-refractivity contribution is 5.53.